The molecule has 0 spiro atoms. The number of amides is 1. The first kappa shape index (κ1) is 14.0. The average Bonchev–Trinajstić information content (AvgIpc) is 2.73. The van der Waals surface area contributed by atoms with Crippen molar-refractivity contribution in [2.24, 2.45) is 0 Å². The van der Waals surface area contributed by atoms with Crippen molar-refractivity contribution in [1.29, 1.82) is 0 Å². The van der Waals surface area contributed by atoms with Crippen LogP contribution in [0.3, 0.4) is 0 Å². The average molecular weight is 286 g/mol. The number of halogens is 3. The number of carbonyl (C=O) groups is 1. The maximum absolute atomic E-state index is 12.5. The fraction of sp³-hybridized carbons (Fsp3) is 0.273. The second kappa shape index (κ2) is 4.91. The molecule has 2 rings (SSSR count). The number of nitrogens with one attached hydrogen (secondary N) is 1. The van der Waals surface area contributed by atoms with E-state index < -0.39 is 17.8 Å². The molecule has 9 heteroatoms. The highest BCUT2D eigenvalue weighted by Gasteiger charge is 2.33. The van der Waals surface area contributed by atoms with Crippen molar-refractivity contribution in [3.05, 3.63) is 34.9 Å². The summed E-state index contributed by atoms with van der Waals surface area (Å²) in [5, 5.41) is 5.74. The molecule has 0 aliphatic rings. The number of alkyl halides is 3. The maximum Gasteiger partial charge on any atom is 0.433 e. The molecule has 1 N–H and O–H groups in total. The Labute approximate surface area is 111 Å². The molecular formula is C11H9F3N4O2. The van der Waals surface area contributed by atoms with Gasteiger partial charge in [0.1, 0.15) is 5.69 Å². The van der Waals surface area contributed by atoms with Crippen molar-refractivity contribution in [1.82, 2.24) is 15.1 Å². The smallest absolute Gasteiger partial charge is 0.315 e. The third-order valence-electron chi connectivity index (χ3n) is 2.37. The number of pyridine rings is 1. The van der Waals surface area contributed by atoms with Gasteiger partial charge in [-0.1, -0.05) is 5.16 Å². The normalized spacial score (nSPS) is 11.4. The summed E-state index contributed by atoms with van der Waals surface area (Å²) in [5.74, 6) is -0.352. The van der Waals surface area contributed by atoms with E-state index in [0.29, 0.717) is 5.82 Å². The molecule has 0 fully saturated rings. The second-order valence-corrected chi connectivity index (χ2v) is 3.93. The van der Waals surface area contributed by atoms with Gasteiger partial charge >= 0.3 is 12.2 Å². The number of aromatic nitrogens is 3. The predicted molar refractivity (Wildman–Crippen MR) is 61.0 cm³/mol. The van der Waals surface area contributed by atoms with Gasteiger partial charge in [0, 0.05) is 0 Å². The molecular weight excluding hydrogens is 277 g/mol. The fourth-order valence-corrected chi connectivity index (χ4v) is 1.47. The molecule has 0 saturated carbocycles. The van der Waals surface area contributed by atoms with E-state index in [1.165, 1.54) is 6.92 Å². The maximum atomic E-state index is 12.5. The second-order valence-electron chi connectivity index (χ2n) is 3.93. The van der Waals surface area contributed by atoms with Crippen LogP contribution in [0.4, 0.5) is 19.2 Å². The molecule has 0 aromatic carbocycles. The Morgan fingerprint density at radius 1 is 1.25 bits per heavy atom. The summed E-state index contributed by atoms with van der Waals surface area (Å²) in [4.78, 5) is 19.0. The lowest BCUT2D eigenvalue weighted by molar-refractivity contribution is -0.141. The number of hydrogen-bond donors (Lipinski definition) is 1. The number of aryl methyl sites for hydroxylation is 2. The van der Waals surface area contributed by atoms with Crippen molar-refractivity contribution in [2.75, 3.05) is 5.32 Å². The highest BCUT2D eigenvalue weighted by atomic mass is 19.4. The topological polar surface area (TPSA) is 80.9 Å². The molecule has 1 amide bonds. The van der Waals surface area contributed by atoms with Crippen LogP contribution in [0.2, 0.25) is 0 Å². The predicted octanol–water partition coefficient (Wildman–Crippen LogP) is 2.35. The lowest BCUT2D eigenvalue weighted by Gasteiger charge is -2.09. The minimum atomic E-state index is -4.55. The van der Waals surface area contributed by atoms with Crippen LogP contribution in [-0.4, -0.2) is 21.0 Å². The first-order valence-electron chi connectivity index (χ1n) is 5.44. The van der Waals surface area contributed by atoms with Crippen molar-refractivity contribution in [3.63, 3.8) is 0 Å². The molecule has 2 aromatic rings. The van der Waals surface area contributed by atoms with Gasteiger partial charge in [-0.05, 0) is 26.0 Å². The minimum absolute atomic E-state index is 0.00569. The molecule has 0 bridgehead atoms. The van der Waals surface area contributed by atoms with Crippen molar-refractivity contribution in [3.8, 4) is 0 Å². The molecule has 0 radical (unpaired) electrons. The van der Waals surface area contributed by atoms with E-state index in [1.54, 1.807) is 6.92 Å². The lowest BCUT2D eigenvalue weighted by Crippen LogP contribution is -2.16. The van der Waals surface area contributed by atoms with Crippen LogP contribution in [0.15, 0.2) is 16.7 Å². The van der Waals surface area contributed by atoms with Gasteiger partial charge in [-0.2, -0.15) is 18.2 Å². The summed E-state index contributed by atoms with van der Waals surface area (Å²) in [6.07, 6.45) is -4.55. The summed E-state index contributed by atoms with van der Waals surface area (Å²) in [7, 11) is 0. The van der Waals surface area contributed by atoms with Gasteiger partial charge in [0.05, 0.1) is 11.3 Å². The van der Waals surface area contributed by atoms with Crippen LogP contribution in [0.1, 0.15) is 27.6 Å². The number of anilines is 1. The Kier molecular flexibility index (Phi) is 3.43. The van der Waals surface area contributed by atoms with Crippen molar-refractivity contribution >= 4 is 11.9 Å². The van der Waals surface area contributed by atoms with Crippen LogP contribution >= 0.6 is 0 Å². The largest absolute Gasteiger partial charge is 0.433 e. The Morgan fingerprint density at radius 2 is 1.95 bits per heavy atom. The van der Waals surface area contributed by atoms with Crippen LogP contribution < -0.4 is 5.32 Å². The summed E-state index contributed by atoms with van der Waals surface area (Å²) in [5.41, 5.74) is -1.11. The Balaban J connectivity index is 2.22. The SMILES string of the molecule is Cc1noc(NC(=O)c2ccc(C(F)(F)F)nc2C)n1. The Hall–Kier alpha value is -2.45. The summed E-state index contributed by atoms with van der Waals surface area (Å²) >= 11 is 0. The quantitative estimate of drug-likeness (QED) is 0.916. The van der Waals surface area contributed by atoms with Gasteiger partial charge in [0.25, 0.3) is 5.91 Å². The summed E-state index contributed by atoms with van der Waals surface area (Å²) in [6, 6.07) is 1.65. The first-order chi connectivity index (χ1) is 9.27. The van der Waals surface area contributed by atoms with Crippen LogP contribution in [0, 0.1) is 13.8 Å². The molecule has 0 atom stereocenters. The molecule has 106 valence electrons. The molecule has 0 aliphatic carbocycles. The fourth-order valence-electron chi connectivity index (χ4n) is 1.47. The van der Waals surface area contributed by atoms with E-state index in [9.17, 15) is 18.0 Å². The minimum Gasteiger partial charge on any atom is -0.315 e. The summed E-state index contributed by atoms with van der Waals surface area (Å²) in [6.45, 7) is 2.87. The standard InChI is InChI=1S/C11H9F3N4O2/c1-5-7(3-4-8(15-5)11(12,13)14)9(19)17-10-16-6(2)18-20-10/h3-4H,1-2H3,(H,16,17,18,19). The number of nitrogens with zero attached hydrogens (tertiary/aromatic N) is 3. The van der Waals surface area contributed by atoms with Crippen LogP contribution in [0.5, 0.6) is 0 Å². The highest BCUT2D eigenvalue weighted by molar-refractivity contribution is 6.03. The molecule has 20 heavy (non-hydrogen) atoms. The van der Waals surface area contributed by atoms with Gasteiger partial charge in [0.15, 0.2) is 5.82 Å². The van der Waals surface area contributed by atoms with E-state index in [2.05, 4.69) is 25.0 Å². The van der Waals surface area contributed by atoms with Crippen LogP contribution in [0.25, 0.3) is 0 Å². The third-order valence-corrected chi connectivity index (χ3v) is 2.37. The molecule has 2 aromatic heterocycles. The van der Waals surface area contributed by atoms with Gasteiger partial charge in [0.2, 0.25) is 0 Å². The number of hydrogen-bond acceptors (Lipinski definition) is 5. The van der Waals surface area contributed by atoms with E-state index in [-0.39, 0.29) is 17.3 Å². The van der Waals surface area contributed by atoms with Gasteiger partial charge in [-0.3, -0.25) is 10.1 Å². The third kappa shape index (κ3) is 2.92. The van der Waals surface area contributed by atoms with Gasteiger partial charge in [-0.15, -0.1) is 0 Å². The van der Waals surface area contributed by atoms with E-state index in [1.807, 2.05) is 0 Å². The number of rotatable bonds is 2. The monoisotopic (exact) mass is 286 g/mol. The van der Waals surface area contributed by atoms with E-state index in [4.69, 9.17) is 0 Å². The molecule has 0 unspecified atom stereocenters. The molecule has 0 saturated heterocycles. The van der Waals surface area contributed by atoms with E-state index in [0.717, 1.165) is 12.1 Å². The Bertz CT molecular complexity index is 651. The first-order valence-corrected chi connectivity index (χ1v) is 5.44. The van der Waals surface area contributed by atoms with E-state index >= 15 is 0 Å². The zero-order valence-corrected chi connectivity index (χ0v) is 10.4. The van der Waals surface area contributed by atoms with Crippen molar-refractivity contribution < 1.29 is 22.5 Å². The zero-order chi connectivity index (χ0) is 14.9. The van der Waals surface area contributed by atoms with Gasteiger partial charge in [-0.25, -0.2) is 4.98 Å². The zero-order valence-electron chi connectivity index (χ0n) is 10.4. The summed E-state index contributed by atoms with van der Waals surface area (Å²) < 4.78 is 42.0. The highest BCUT2D eigenvalue weighted by Crippen LogP contribution is 2.28. The van der Waals surface area contributed by atoms with Gasteiger partial charge < -0.3 is 4.52 Å². The Morgan fingerprint density at radius 3 is 2.45 bits per heavy atom. The molecule has 6 nitrogen and oxygen atoms in total. The van der Waals surface area contributed by atoms with Crippen LogP contribution in [-0.2, 0) is 6.18 Å². The number of carbonyl (C=O) groups excluding carboxylic acids is 1. The lowest BCUT2D eigenvalue weighted by atomic mass is 10.1. The van der Waals surface area contributed by atoms with Crippen molar-refractivity contribution in [2.45, 2.75) is 20.0 Å². The molecule has 0 aliphatic heterocycles. The molecule has 2 heterocycles.